The number of nitrogen functional groups attached to an aromatic ring is 1. The highest BCUT2D eigenvalue weighted by molar-refractivity contribution is 6.03. The number of aryl methyl sites for hydroxylation is 1. The number of anilines is 2. The largest absolute Gasteiger partial charge is 0.397 e. The van der Waals surface area contributed by atoms with Crippen LogP contribution in [0.25, 0.3) is 0 Å². The van der Waals surface area contributed by atoms with Gasteiger partial charge in [-0.3, -0.25) is 9.78 Å². The first-order valence-corrected chi connectivity index (χ1v) is 6.17. The Bertz CT molecular complexity index is 601. The van der Waals surface area contributed by atoms with Crippen LogP contribution in [0.3, 0.4) is 0 Å². The van der Waals surface area contributed by atoms with E-state index in [2.05, 4.69) is 10.3 Å². The van der Waals surface area contributed by atoms with Crippen molar-refractivity contribution in [3.8, 4) is 0 Å². The minimum Gasteiger partial charge on any atom is -0.397 e. The first kappa shape index (κ1) is 13.1. The van der Waals surface area contributed by atoms with Crippen LogP contribution in [0.2, 0.25) is 0 Å². The van der Waals surface area contributed by atoms with E-state index in [1.165, 1.54) is 0 Å². The Morgan fingerprint density at radius 3 is 2.74 bits per heavy atom. The second-order valence-electron chi connectivity index (χ2n) is 4.86. The van der Waals surface area contributed by atoms with Crippen LogP contribution in [0.5, 0.6) is 0 Å². The topological polar surface area (TPSA) is 72.9 Å². The number of carbonyl (C=O) groups is 1. The molecule has 0 aliphatic heterocycles. The highest BCUT2D eigenvalue weighted by Crippen LogP contribution is 2.18. The quantitative estimate of drug-likeness (QED) is 0.888. The number of pyridine rings is 1. The maximum atomic E-state index is 12.2. The van der Waals surface area contributed by atoms with Crippen molar-refractivity contribution in [1.82, 2.24) is 9.55 Å². The highest BCUT2D eigenvalue weighted by Gasteiger charge is 2.15. The van der Waals surface area contributed by atoms with Crippen molar-refractivity contribution < 1.29 is 4.79 Å². The molecule has 0 aromatic carbocycles. The number of nitrogens with two attached hydrogens (primary N) is 1. The Kier molecular flexibility index (Phi) is 3.55. The summed E-state index contributed by atoms with van der Waals surface area (Å²) < 4.78 is 1.86. The predicted molar refractivity (Wildman–Crippen MR) is 76.2 cm³/mol. The summed E-state index contributed by atoms with van der Waals surface area (Å²) in [5, 5.41) is 2.83. The van der Waals surface area contributed by atoms with Crippen LogP contribution in [-0.2, 0) is 0 Å². The molecule has 5 heteroatoms. The molecule has 0 fully saturated rings. The number of nitrogens with one attached hydrogen (secondary N) is 1. The van der Waals surface area contributed by atoms with Crippen LogP contribution in [-0.4, -0.2) is 15.5 Å². The van der Waals surface area contributed by atoms with Crippen molar-refractivity contribution in [2.45, 2.75) is 26.8 Å². The Hall–Kier alpha value is -2.30. The molecule has 2 heterocycles. The molecule has 2 aromatic heterocycles. The molecule has 5 nitrogen and oxygen atoms in total. The van der Waals surface area contributed by atoms with Crippen LogP contribution in [0, 0.1) is 6.92 Å². The zero-order valence-electron chi connectivity index (χ0n) is 11.3. The van der Waals surface area contributed by atoms with E-state index >= 15 is 0 Å². The molecule has 0 aliphatic rings. The van der Waals surface area contributed by atoms with Crippen molar-refractivity contribution >= 4 is 17.3 Å². The van der Waals surface area contributed by atoms with E-state index < -0.39 is 0 Å². The van der Waals surface area contributed by atoms with Gasteiger partial charge in [0.15, 0.2) is 0 Å². The summed E-state index contributed by atoms with van der Waals surface area (Å²) >= 11 is 0. The third-order valence-corrected chi connectivity index (χ3v) is 2.79. The SMILES string of the molecule is Cc1cncc(NC(=O)c2cc(N)cn2C(C)C)c1. The van der Waals surface area contributed by atoms with Gasteiger partial charge in [-0.05, 0) is 38.5 Å². The van der Waals surface area contributed by atoms with Gasteiger partial charge in [0.05, 0.1) is 17.6 Å². The fourth-order valence-electron chi connectivity index (χ4n) is 1.93. The Morgan fingerprint density at radius 2 is 2.11 bits per heavy atom. The van der Waals surface area contributed by atoms with E-state index in [0.717, 1.165) is 5.56 Å². The number of rotatable bonds is 3. The van der Waals surface area contributed by atoms with Gasteiger partial charge in [0.1, 0.15) is 5.69 Å². The predicted octanol–water partition coefficient (Wildman–Crippen LogP) is 2.61. The normalized spacial score (nSPS) is 10.7. The first-order chi connectivity index (χ1) is 8.97. The Balaban J connectivity index is 2.25. The summed E-state index contributed by atoms with van der Waals surface area (Å²) in [5.41, 5.74) is 8.57. The maximum absolute atomic E-state index is 12.2. The van der Waals surface area contributed by atoms with Gasteiger partial charge in [-0.15, -0.1) is 0 Å². The maximum Gasteiger partial charge on any atom is 0.272 e. The lowest BCUT2D eigenvalue weighted by atomic mass is 10.3. The fraction of sp³-hybridized carbons (Fsp3) is 0.286. The van der Waals surface area contributed by atoms with E-state index in [0.29, 0.717) is 17.1 Å². The summed E-state index contributed by atoms with van der Waals surface area (Å²) in [6.07, 6.45) is 5.13. The Morgan fingerprint density at radius 1 is 1.37 bits per heavy atom. The zero-order chi connectivity index (χ0) is 14.0. The van der Waals surface area contributed by atoms with E-state index in [1.54, 1.807) is 24.7 Å². The molecule has 2 aromatic rings. The number of hydrogen-bond acceptors (Lipinski definition) is 3. The molecule has 0 bridgehead atoms. The lowest BCUT2D eigenvalue weighted by molar-refractivity contribution is 0.101. The summed E-state index contributed by atoms with van der Waals surface area (Å²) in [6.45, 7) is 5.94. The fourth-order valence-corrected chi connectivity index (χ4v) is 1.93. The molecule has 0 saturated carbocycles. The smallest absolute Gasteiger partial charge is 0.272 e. The van der Waals surface area contributed by atoms with Crippen molar-refractivity contribution in [2.75, 3.05) is 11.1 Å². The molecule has 19 heavy (non-hydrogen) atoms. The van der Waals surface area contributed by atoms with E-state index in [4.69, 9.17) is 5.73 Å². The van der Waals surface area contributed by atoms with Crippen molar-refractivity contribution in [3.05, 3.63) is 42.0 Å². The van der Waals surface area contributed by atoms with Gasteiger partial charge in [-0.25, -0.2) is 0 Å². The molecule has 2 rings (SSSR count). The van der Waals surface area contributed by atoms with Gasteiger partial charge in [0.25, 0.3) is 5.91 Å². The molecule has 100 valence electrons. The third-order valence-electron chi connectivity index (χ3n) is 2.79. The molecule has 0 aliphatic carbocycles. The molecule has 0 spiro atoms. The number of carbonyl (C=O) groups excluding carboxylic acids is 1. The molecule has 3 N–H and O–H groups in total. The van der Waals surface area contributed by atoms with Gasteiger partial charge >= 0.3 is 0 Å². The number of hydrogen-bond donors (Lipinski definition) is 2. The average Bonchev–Trinajstić information content (AvgIpc) is 2.71. The minimum absolute atomic E-state index is 0.175. The van der Waals surface area contributed by atoms with Crippen molar-refractivity contribution in [3.63, 3.8) is 0 Å². The number of nitrogens with zero attached hydrogens (tertiary/aromatic N) is 2. The van der Waals surface area contributed by atoms with Crippen LogP contribution >= 0.6 is 0 Å². The molecule has 1 amide bonds. The highest BCUT2D eigenvalue weighted by atomic mass is 16.1. The third kappa shape index (κ3) is 2.93. The van der Waals surface area contributed by atoms with E-state index in [1.807, 2.05) is 31.4 Å². The number of aromatic nitrogens is 2. The van der Waals surface area contributed by atoms with Crippen LogP contribution in [0.1, 0.15) is 35.9 Å². The van der Waals surface area contributed by atoms with E-state index in [-0.39, 0.29) is 11.9 Å². The standard InChI is InChI=1S/C14H18N4O/c1-9(2)18-8-11(15)5-13(18)14(19)17-12-4-10(3)6-16-7-12/h4-9H,15H2,1-3H3,(H,17,19). The first-order valence-electron chi connectivity index (χ1n) is 6.17. The lowest BCUT2D eigenvalue weighted by Gasteiger charge is -2.12. The molecular formula is C14H18N4O. The number of amides is 1. The lowest BCUT2D eigenvalue weighted by Crippen LogP contribution is -2.17. The summed E-state index contributed by atoms with van der Waals surface area (Å²) in [4.78, 5) is 16.3. The van der Waals surface area contributed by atoms with Crippen molar-refractivity contribution in [1.29, 1.82) is 0 Å². The molecule has 0 radical (unpaired) electrons. The molecule has 0 atom stereocenters. The summed E-state index contributed by atoms with van der Waals surface area (Å²) in [5.74, 6) is -0.183. The van der Waals surface area contributed by atoms with Crippen LogP contribution < -0.4 is 11.1 Å². The summed E-state index contributed by atoms with van der Waals surface area (Å²) in [7, 11) is 0. The zero-order valence-corrected chi connectivity index (χ0v) is 11.3. The second-order valence-corrected chi connectivity index (χ2v) is 4.86. The van der Waals surface area contributed by atoms with Gasteiger partial charge in [-0.2, -0.15) is 0 Å². The van der Waals surface area contributed by atoms with Gasteiger partial charge in [0.2, 0.25) is 0 Å². The molecule has 0 unspecified atom stereocenters. The van der Waals surface area contributed by atoms with Crippen LogP contribution in [0.15, 0.2) is 30.7 Å². The van der Waals surface area contributed by atoms with Crippen LogP contribution in [0.4, 0.5) is 11.4 Å². The van der Waals surface area contributed by atoms with Gasteiger partial charge < -0.3 is 15.6 Å². The van der Waals surface area contributed by atoms with Crippen molar-refractivity contribution in [2.24, 2.45) is 0 Å². The molecule has 0 saturated heterocycles. The van der Waals surface area contributed by atoms with Gasteiger partial charge in [-0.1, -0.05) is 0 Å². The van der Waals surface area contributed by atoms with E-state index in [9.17, 15) is 4.79 Å². The summed E-state index contributed by atoms with van der Waals surface area (Å²) in [6, 6.07) is 3.73. The molecular weight excluding hydrogens is 240 g/mol. The average molecular weight is 258 g/mol. The Labute approximate surface area is 112 Å². The second kappa shape index (κ2) is 5.14. The van der Waals surface area contributed by atoms with Gasteiger partial charge in [0, 0.05) is 18.4 Å². The minimum atomic E-state index is -0.183. The monoisotopic (exact) mass is 258 g/mol.